The van der Waals surface area contributed by atoms with Crippen molar-refractivity contribution in [2.45, 2.75) is 57.5 Å². The molecule has 1 aliphatic rings. The molecule has 0 saturated heterocycles. The molecule has 0 spiro atoms. The van der Waals surface area contributed by atoms with Crippen molar-refractivity contribution in [3.05, 3.63) is 24.0 Å². The van der Waals surface area contributed by atoms with Gasteiger partial charge >= 0.3 is 0 Å². The third-order valence-electron chi connectivity index (χ3n) is 3.82. The average molecular weight is 220 g/mol. The molecule has 1 saturated carbocycles. The van der Waals surface area contributed by atoms with Crippen LogP contribution in [0.3, 0.4) is 0 Å². The summed E-state index contributed by atoms with van der Waals surface area (Å²) in [4.78, 5) is 0. The number of aryl methyl sites for hydroxylation is 1. The summed E-state index contributed by atoms with van der Waals surface area (Å²) in [5.74, 6) is 0. The predicted molar refractivity (Wildman–Crippen MR) is 68.4 cm³/mol. The van der Waals surface area contributed by atoms with Gasteiger partial charge < -0.3 is 9.88 Å². The van der Waals surface area contributed by atoms with Gasteiger partial charge in [-0.3, -0.25) is 0 Å². The smallest absolute Gasteiger partial charge is 0.0225 e. The van der Waals surface area contributed by atoms with Crippen LogP contribution in [-0.2, 0) is 13.6 Å². The van der Waals surface area contributed by atoms with Crippen molar-refractivity contribution in [2.75, 3.05) is 0 Å². The molecule has 1 N–H and O–H groups in total. The van der Waals surface area contributed by atoms with Gasteiger partial charge in [0.15, 0.2) is 0 Å². The molecular formula is C14H24N2. The molecule has 1 heterocycles. The number of nitrogens with one attached hydrogen (secondary N) is 1. The first-order chi connectivity index (χ1) is 7.68. The van der Waals surface area contributed by atoms with Crippen LogP contribution in [-0.4, -0.2) is 10.1 Å². The zero-order valence-corrected chi connectivity index (χ0v) is 10.6. The lowest BCUT2D eigenvalue weighted by Gasteiger charge is -2.29. The molecule has 1 aromatic rings. The lowest BCUT2D eigenvalue weighted by Crippen LogP contribution is -2.41. The SMILES string of the molecule is Cn1ccc(CNC2(C)CCCCCC2)c1. The first-order valence-corrected chi connectivity index (χ1v) is 6.54. The van der Waals surface area contributed by atoms with Crippen molar-refractivity contribution in [1.82, 2.24) is 9.88 Å². The molecule has 0 aliphatic heterocycles. The van der Waals surface area contributed by atoms with Crippen molar-refractivity contribution in [1.29, 1.82) is 0 Å². The number of nitrogens with zero attached hydrogens (tertiary/aromatic N) is 1. The largest absolute Gasteiger partial charge is 0.357 e. The van der Waals surface area contributed by atoms with Crippen LogP contribution < -0.4 is 5.32 Å². The number of aromatic nitrogens is 1. The molecule has 90 valence electrons. The maximum absolute atomic E-state index is 3.75. The van der Waals surface area contributed by atoms with E-state index in [1.54, 1.807) is 0 Å². The molecule has 0 radical (unpaired) electrons. The summed E-state index contributed by atoms with van der Waals surface area (Å²) in [5, 5.41) is 3.75. The van der Waals surface area contributed by atoms with Gasteiger partial charge in [-0.05, 0) is 31.4 Å². The minimum atomic E-state index is 0.367. The van der Waals surface area contributed by atoms with E-state index < -0.39 is 0 Å². The fraction of sp³-hybridized carbons (Fsp3) is 0.714. The van der Waals surface area contributed by atoms with Crippen LogP contribution in [0, 0.1) is 0 Å². The Labute approximate surface area is 99.0 Å². The Bertz CT molecular complexity index is 319. The predicted octanol–water partition coefficient (Wildman–Crippen LogP) is 3.23. The third-order valence-corrected chi connectivity index (χ3v) is 3.82. The Hall–Kier alpha value is -0.760. The molecule has 0 aromatic carbocycles. The first-order valence-electron chi connectivity index (χ1n) is 6.54. The van der Waals surface area contributed by atoms with E-state index in [9.17, 15) is 0 Å². The van der Waals surface area contributed by atoms with E-state index in [2.05, 4.69) is 42.3 Å². The van der Waals surface area contributed by atoms with E-state index in [0.717, 1.165) is 6.54 Å². The third kappa shape index (κ3) is 3.11. The van der Waals surface area contributed by atoms with Crippen molar-refractivity contribution < 1.29 is 0 Å². The highest BCUT2D eigenvalue weighted by Gasteiger charge is 2.24. The minimum Gasteiger partial charge on any atom is -0.357 e. The molecule has 0 atom stereocenters. The van der Waals surface area contributed by atoms with Gasteiger partial charge in [0.25, 0.3) is 0 Å². The standard InChI is InChI=1S/C14H24N2/c1-14(8-5-3-4-6-9-14)15-11-13-7-10-16(2)12-13/h7,10,12,15H,3-6,8-9,11H2,1-2H3. The highest BCUT2D eigenvalue weighted by atomic mass is 15.0. The van der Waals surface area contributed by atoms with Crippen LogP contribution in [0.4, 0.5) is 0 Å². The number of rotatable bonds is 3. The van der Waals surface area contributed by atoms with Crippen LogP contribution >= 0.6 is 0 Å². The summed E-state index contributed by atoms with van der Waals surface area (Å²) >= 11 is 0. The molecule has 1 aliphatic carbocycles. The molecule has 2 rings (SSSR count). The van der Waals surface area contributed by atoms with Gasteiger partial charge in [-0.1, -0.05) is 25.7 Å². The second kappa shape index (κ2) is 5.05. The zero-order valence-electron chi connectivity index (χ0n) is 10.6. The van der Waals surface area contributed by atoms with E-state index in [1.165, 1.54) is 44.1 Å². The Morgan fingerprint density at radius 2 is 1.94 bits per heavy atom. The number of hydrogen-bond acceptors (Lipinski definition) is 1. The maximum Gasteiger partial charge on any atom is 0.0225 e. The first kappa shape index (κ1) is 11.7. The summed E-state index contributed by atoms with van der Waals surface area (Å²) in [5.41, 5.74) is 1.76. The molecule has 2 nitrogen and oxygen atoms in total. The van der Waals surface area contributed by atoms with Crippen LogP contribution in [0.1, 0.15) is 51.0 Å². The average Bonchev–Trinajstić information content (AvgIpc) is 2.54. The van der Waals surface area contributed by atoms with Gasteiger partial charge in [0.1, 0.15) is 0 Å². The maximum atomic E-state index is 3.75. The van der Waals surface area contributed by atoms with Crippen molar-refractivity contribution in [3.63, 3.8) is 0 Å². The molecule has 0 bridgehead atoms. The fourth-order valence-electron chi connectivity index (χ4n) is 2.67. The van der Waals surface area contributed by atoms with Gasteiger partial charge in [-0.2, -0.15) is 0 Å². The zero-order chi connectivity index (χ0) is 11.4. The van der Waals surface area contributed by atoms with Crippen LogP contribution in [0.2, 0.25) is 0 Å². The van der Waals surface area contributed by atoms with Crippen LogP contribution in [0.15, 0.2) is 18.5 Å². The molecule has 0 amide bonds. The van der Waals surface area contributed by atoms with Gasteiger partial charge in [0, 0.05) is 31.5 Å². The lowest BCUT2D eigenvalue weighted by atomic mass is 9.92. The van der Waals surface area contributed by atoms with Gasteiger partial charge in [0.2, 0.25) is 0 Å². The second-order valence-corrected chi connectivity index (χ2v) is 5.51. The topological polar surface area (TPSA) is 17.0 Å². The molecule has 1 fully saturated rings. The summed E-state index contributed by atoms with van der Waals surface area (Å²) in [6.45, 7) is 3.40. The van der Waals surface area contributed by atoms with E-state index in [1.807, 2.05) is 0 Å². The summed E-state index contributed by atoms with van der Waals surface area (Å²) in [7, 11) is 2.08. The summed E-state index contributed by atoms with van der Waals surface area (Å²) < 4.78 is 2.12. The number of hydrogen-bond donors (Lipinski definition) is 1. The lowest BCUT2D eigenvalue weighted by molar-refractivity contribution is 0.311. The Morgan fingerprint density at radius 3 is 2.50 bits per heavy atom. The summed E-state index contributed by atoms with van der Waals surface area (Å²) in [6, 6.07) is 2.20. The van der Waals surface area contributed by atoms with Crippen LogP contribution in [0.25, 0.3) is 0 Å². The quantitative estimate of drug-likeness (QED) is 0.774. The van der Waals surface area contributed by atoms with E-state index in [4.69, 9.17) is 0 Å². The minimum absolute atomic E-state index is 0.367. The van der Waals surface area contributed by atoms with E-state index in [0.29, 0.717) is 5.54 Å². The molecule has 1 aromatic heterocycles. The Kier molecular flexibility index (Phi) is 3.70. The monoisotopic (exact) mass is 220 g/mol. The highest BCUT2D eigenvalue weighted by Crippen LogP contribution is 2.26. The van der Waals surface area contributed by atoms with E-state index in [-0.39, 0.29) is 0 Å². The molecule has 2 heteroatoms. The van der Waals surface area contributed by atoms with Crippen molar-refractivity contribution in [2.24, 2.45) is 7.05 Å². The van der Waals surface area contributed by atoms with Crippen LogP contribution in [0.5, 0.6) is 0 Å². The van der Waals surface area contributed by atoms with Crippen molar-refractivity contribution in [3.8, 4) is 0 Å². The summed E-state index contributed by atoms with van der Waals surface area (Å²) in [6.07, 6.45) is 12.6. The van der Waals surface area contributed by atoms with Crippen molar-refractivity contribution >= 4 is 0 Å². The normalized spacial score (nSPS) is 20.6. The molecule has 16 heavy (non-hydrogen) atoms. The fourth-order valence-corrected chi connectivity index (χ4v) is 2.67. The molecular weight excluding hydrogens is 196 g/mol. The van der Waals surface area contributed by atoms with Gasteiger partial charge in [-0.15, -0.1) is 0 Å². The highest BCUT2D eigenvalue weighted by molar-refractivity contribution is 5.10. The van der Waals surface area contributed by atoms with Gasteiger partial charge in [-0.25, -0.2) is 0 Å². The second-order valence-electron chi connectivity index (χ2n) is 5.51. The Balaban J connectivity index is 1.87. The van der Waals surface area contributed by atoms with E-state index >= 15 is 0 Å². The Morgan fingerprint density at radius 1 is 1.25 bits per heavy atom. The molecule has 0 unspecified atom stereocenters. The van der Waals surface area contributed by atoms with Gasteiger partial charge in [0.05, 0.1) is 0 Å².